The molecular weight excluding hydrogens is 729 g/mol. The smallest absolute Gasteiger partial charge is 0.462 e. The number of unbranched alkanes of at least 4 members (excludes halogenated alkanes) is 8. The number of aliphatic hydroxyl groups is 1. The van der Waals surface area contributed by atoms with Crippen molar-refractivity contribution in [3.05, 3.63) is 97.2 Å². The summed E-state index contributed by atoms with van der Waals surface area (Å²) in [4.78, 5) is 34.8. The van der Waals surface area contributed by atoms with Gasteiger partial charge in [-0.25, -0.2) is 4.57 Å². The highest BCUT2D eigenvalue weighted by molar-refractivity contribution is 7.47. The van der Waals surface area contributed by atoms with Crippen molar-refractivity contribution in [3.8, 4) is 0 Å². The largest absolute Gasteiger partial charge is 0.472 e. The summed E-state index contributed by atoms with van der Waals surface area (Å²) in [6, 6.07) is 0. The minimum atomic E-state index is -4.41. The van der Waals surface area contributed by atoms with Crippen LogP contribution in [0.1, 0.15) is 135 Å². The second-order valence-corrected chi connectivity index (χ2v) is 14.6. The molecule has 0 aromatic heterocycles. The number of allylic oxidation sites excluding steroid dienone is 16. The summed E-state index contributed by atoms with van der Waals surface area (Å²) in [7, 11) is -4.41. The van der Waals surface area contributed by atoms with Crippen molar-refractivity contribution in [2.75, 3.05) is 33.0 Å². The van der Waals surface area contributed by atoms with Gasteiger partial charge in [-0.15, -0.1) is 0 Å². The van der Waals surface area contributed by atoms with Crippen molar-refractivity contribution in [3.63, 3.8) is 0 Å². The van der Waals surface area contributed by atoms with Gasteiger partial charge in [-0.3, -0.25) is 18.6 Å². The van der Waals surface area contributed by atoms with Crippen molar-refractivity contribution in [2.45, 2.75) is 141 Å². The second-order valence-electron chi connectivity index (χ2n) is 13.2. The summed E-state index contributed by atoms with van der Waals surface area (Å²) >= 11 is 0. The molecule has 0 aromatic rings. The lowest BCUT2D eigenvalue weighted by Crippen LogP contribution is -2.29. The predicted molar refractivity (Wildman–Crippen MR) is 230 cm³/mol. The zero-order valence-corrected chi connectivity index (χ0v) is 35.2. The summed E-state index contributed by atoms with van der Waals surface area (Å²) in [5, 5.41) is 8.79. The highest BCUT2D eigenvalue weighted by atomic mass is 31.2. The van der Waals surface area contributed by atoms with Gasteiger partial charge in [-0.2, -0.15) is 0 Å². The van der Waals surface area contributed by atoms with Crippen molar-refractivity contribution in [2.24, 2.45) is 5.73 Å². The number of ether oxygens (including phenoxy) is 2. The van der Waals surface area contributed by atoms with Gasteiger partial charge >= 0.3 is 19.8 Å². The summed E-state index contributed by atoms with van der Waals surface area (Å²) in [6.45, 7) is 1.50. The van der Waals surface area contributed by atoms with Crippen LogP contribution in [0.25, 0.3) is 0 Å². The topological polar surface area (TPSA) is 155 Å². The Bertz CT molecular complexity index is 1240. The van der Waals surface area contributed by atoms with Gasteiger partial charge in [0.05, 0.1) is 13.2 Å². The molecule has 0 saturated heterocycles. The SMILES string of the molecule is CC/C=C\C/C=C\C/C=C\C/C=C\CCCCCCC(=O)O[C@H](COC(=O)CCC/C=C\C/C=C\C/C=C\C/C=C\CCCCCO)COP(=O)(O)OCCN. The molecular formula is C45H74NO9P. The Morgan fingerprint density at radius 1 is 0.571 bits per heavy atom. The van der Waals surface area contributed by atoms with Crippen LogP contribution in [-0.4, -0.2) is 61.0 Å². The summed E-state index contributed by atoms with van der Waals surface area (Å²) in [6.07, 6.45) is 50.3. The molecule has 0 saturated carbocycles. The molecule has 2 atom stereocenters. The van der Waals surface area contributed by atoms with Crippen molar-refractivity contribution in [1.82, 2.24) is 0 Å². The summed E-state index contributed by atoms with van der Waals surface area (Å²) < 4.78 is 32.6. The van der Waals surface area contributed by atoms with Crippen LogP contribution in [0.3, 0.4) is 0 Å². The zero-order valence-electron chi connectivity index (χ0n) is 34.3. The predicted octanol–water partition coefficient (Wildman–Crippen LogP) is 10.8. The second kappa shape index (κ2) is 41.5. The van der Waals surface area contributed by atoms with E-state index in [1.54, 1.807) is 0 Å². The van der Waals surface area contributed by atoms with E-state index in [4.69, 9.17) is 29.4 Å². The average Bonchev–Trinajstić information content (AvgIpc) is 3.18. The molecule has 0 bridgehead atoms. The number of esters is 2. The summed E-state index contributed by atoms with van der Waals surface area (Å²) in [5.74, 6) is -0.948. The quantitative estimate of drug-likeness (QED) is 0.0238. The number of hydrogen-bond acceptors (Lipinski definition) is 9. The number of carbonyl (C=O) groups is 2. The minimum Gasteiger partial charge on any atom is -0.462 e. The van der Waals surface area contributed by atoms with E-state index >= 15 is 0 Å². The Balaban J connectivity index is 4.34. The van der Waals surface area contributed by atoms with Crippen LogP contribution in [0.4, 0.5) is 0 Å². The van der Waals surface area contributed by atoms with Gasteiger partial charge in [0.2, 0.25) is 0 Å². The van der Waals surface area contributed by atoms with E-state index in [9.17, 15) is 19.0 Å². The molecule has 1 unspecified atom stereocenters. The Hall–Kier alpha value is -3.11. The van der Waals surface area contributed by atoms with Gasteiger partial charge in [-0.1, -0.05) is 123 Å². The molecule has 318 valence electrons. The first-order valence-corrected chi connectivity index (χ1v) is 22.3. The van der Waals surface area contributed by atoms with Crippen LogP contribution in [-0.2, 0) is 32.7 Å². The first-order valence-electron chi connectivity index (χ1n) is 20.8. The third kappa shape index (κ3) is 40.6. The van der Waals surface area contributed by atoms with Crippen LogP contribution < -0.4 is 5.73 Å². The lowest BCUT2D eigenvalue weighted by Gasteiger charge is -2.19. The normalized spacial score (nSPS) is 14.3. The van der Waals surface area contributed by atoms with E-state index in [0.29, 0.717) is 19.3 Å². The number of rotatable bonds is 38. The number of phosphoric acid groups is 1. The van der Waals surface area contributed by atoms with Crippen LogP contribution in [0.5, 0.6) is 0 Å². The molecule has 0 aliphatic rings. The fourth-order valence-corrected chi connectivity index (χ4v) is 5.71. The Morgan fingerprint density at radius 3 is 1.52 bits per heavy atom. The molecule has 0 aliphatic carbocycles. The van der Waals surface area contributed by atoms with Crippen LogP contribution in [0, 0.1) is 0 Å². The van der Waals surface area contributed by atoms with E-state index in [0.717, 1.165) is 96.3 Å². The molecule has 0 amide bonds. The third-order valence-corrected chi connectivity index (χ3v) is 8.99. The fraction of sp³-hybridized carbons (Fsp3) is 0.600. The van der Waals surface area contributed by atoms with Gasteiger partial charge in [0.1, 0.15) is 6.61 Å². The molecule has 0 heterocycles. The molecule has 0 radical (unpaired) electrons. The van der Waals surface area contributed by atoms with E-state index < -0.39 is 32.5 Å². The lowest BCUT2D eigenvalue weighted by molar-refractivity contribution is -0.161. The van der Waals surface area contributed by atoms with E-state index in [-0.39, 0.29) is 39.2 Å². The van der Waals surface area contributed by atoms with Crippen molar-refractivity contribution < 1.29 is 42.7 Å². The molecule has 0 aromatic carbocycles. The standard InChI is InChI=1S/C45H74NO9P/c1-2-3-4-5-6-7-8-9-10-12-16-19-22-25-28-31-34-37-45(49)55-43(42-54-56(50,51)53-40-38-46)41-52-44(48)36-33-30-27-24-21-18-15-13-11-14-17-20-23-26-29-32-35-39-47/h3-4,6-7,9-11,14-16,18-20,23-24,27,43,47H,2,5,8,12-13,17,21-22,25-26,28-42,46H2,1H3,(H,50,51)/b4-3-,7-6-,10-9-,14-11-,18-15-,19-16-,23-20-,27-24-/t43-/m1/s1. The van der Waals surface area contributed by atoms with E-state index in [2.05, 4.69) is 98.1 Å². The van der Waals surface area contributed by atoms with Crippen LogP contribution in [0.15, 0.2) is 97.2 Å². The number of aliphatic hydroxyl groups excluding tert-OH is 1. The Morgan fingerprint density at radius 2 is 1.02 bits per heavy atom. The first-order chi connectivity index (χ1) is 27.3. The highest BCUT2D eigenvalue weighted by Crippen LogP contribution is 2.43. The first kappa shape index (κ1) is 52.9. The number of phosphoric ester groups is 1. The molecule has 0 aliphatic heterocycles. The van der Waals surface area contributed by atoms with Crippen molar-refractivity contribution in [1.29, 1.82) is 0 Å². The average molecular weight is 804 g/mol. The number of nitrogens with two attached hydrogens (primary N) is 1. The number of hydrogen-bond donors (Lipinski definition) is 3. The monoisotopic (exact) mass is 804 g/mol. The maximum absolute atomic E-state index is 12.6. The van der Waals surface area contributed by atoms with Crippen molar-refractivity contribution >= 4 is 19.8 Å². The van der Waals surface area contributed by atoms with Crippen LogP contribution >= 0.6 is 7.82 Å². The zero-order chi connectivity index (χ0) is 41.1. The van der Waals surface area contributed by atoms with Crippen LogP contribution in [0.2, 0.25) is 0 Å². The maximum Gasteiger partial charge on any atom is 0.472 e. The minimum absolute atomic E-state index is 0.0317. The molecule has 0 spiro atoms. The number of carbonyl (C=O) groups excluding carboxylic acids is 2. The van der Waals surface area contributed by atoms with E-state index in [1.165, 1.54) is 0 Å². The van der Waals surface area contributed by atoms with E-state index in [1.807, 2.05) is 6.08 Å². The molecule has 10 nitrogen and oxygen atoms in total. The molecule has 56 heavy (non-hydrogen) atoms. The fourth-order valence-electron chi connectivity index (χ4n) is 4.95. The highest BCUT2D eigenvalue weighted by Gasteiger charge is 2.25. The maximum atomic E-state index is 12.6. The van der Waals surface area contributed by atoms with Gasteiger partial charge in [0.15, 0.2) is 6.10 Å². The molecule has 11 heteroatoms. The molecule has 0 fully saturated rings. The molecule has 0 rings (SSSR count). The third-order valence-electron chi connectivity index (χ3n) is 8.01. The molecule has 4 N–H and O–H groups in total. The lowest BCUT2D eigenvalue weighted by atomic mass is 10.1. The van der Waals surface area contributed by atoms with Gasteiger partial charge in [-0.05, 0) is 96.3 Å². The van der Waals surface area contributed by atoms with Gasteiger partial charge < -0.3 is 25.2 Å². The Kier molecular flexibility index (Phi) is 39.2. The van der Waals surface area contributed by atoms with Gasteiger partial charge in [0.25, 0.3) is 0 Å². The Labute approximate surface area is 339 Å². The van der Waals surface area contributed by atoms with Gasteiger partial charge in [0, 0.05) is 26.0 Å². The summed E-state index contributed by atoms with van der Waals surface area (Å²) in [5.41, 5.74) is 5.33.